The summed E-state index contributed by atoms with van der Waals surface area (Å²) in [4.78, 5) is 0.196. The maximum atomic E-state index is 11.5. The Hall–Kier alpha value is -0.620. The van der Waals surface area contributed by atoms with Gasteiger partial charge >= 0.3 is 59.1 Å². The number of benzene rings is 2. The average molecular weight is 591 g/mol. The maximum Gasteiger partial charge on any atom is 1.00 e. The summed E-state index contributed by atoms with van der Waals surface area (Å²) < 4.78 is 90.5. The molecular weight excluding hydrogens is 574 g/mol. The first-order chi connectivity index (χ1) is 16.0. The molecule has 36 heavy (non-hydrogen) atoms. The summed E-state index contributed by atoms with van der Waals surface area (Å²) in [7, 11) is -10.4. The molecule has 4 rings (SSSR count). The van der Waals surface area contributed by atoms with Gasteiger partial charge in [-0.3, -0.25) is 0 Å². The van der Waals surface area contributed by atoms with E-state index in [1.807, 2.05) is 0 Å². The maximum absolute atomic E-state index is 11.5. The van der Waals surface area contributed by atoms with Gasteiger partial charge in [0.2, 0.25) is 0 Å². The molecule has 16 heteroatoms. The van der Waals surface area contributed by atoms with Crippen molar-refractivity contribution in [2.75, 3.05) is 13.2 Å². The Morgan fingerprint density at radius 3 is 1.36 bits per heavy atom. The Morgan fingerprint density at radius 1 is 0.694 bits per heavy atom. The van der Waals surface area contributed by atoms with Crippen molar-refractivity contribution in [1.29, 1.82) is 0 Å². The van der Waals surface area contributed by atoms with Crippen molar-refractivity contribution in [3.8, 4) is 32.8 Å². The van der Waals surface area contributed by atoms with Crippen molar-refractivity contribution < 1.29 is 103 Å². The van der Waals surface area contributed by atoms with Gasteiger partial charge in [0.05, 0.1) is 23.0 Å². The summed E-state index contributed by atoms with van der Waals surface area (Å²) in [5.41, 5.74) is 0. The summed E-state index contributed by atoms with van der Waals surface area (Å²) in [5.74, 6) is 0.386. The molecule has 182 valence electrons. The zero-order valence-electron chi connectivity index (χ0n) is 19.6. The minimum atomic E-state index is -5.19. The first kappa shape index (κ1) is 31.6. The Kier molecular flexibility index (Phi) is 11.0. The number of ether oxygens (including phenoxy) is 2. The van der Waals surface area contributed by atoms with E-state index in [2.05, 4.69) is 0 Å². The van der Waals surface area contributed by atoms with E-state index in [1.54, 1.807) is 38.1 Å². The molecule has 2 aromatic heterocycles. The average Bonchev–Trinajstić information content (AvgIpc) is 3.24. The zero-order valence-corrected chi connectivity index (χ0v) is 26.9. The second-order valence-electron chi connectivity index (χ2n) is 6.69. The molecule has 0 saturated heterocycles. The summed E-state index contributed by atoms with van der Waals surface area (Å²) >= 11 is 2.04. The molecule has 0 bridgehead atoms. The molecule has 4 aromatic rings. The van der Waals surface area contributed by atoms with Gasteiger partial charge in [0.1, 0.15) is 11.5 Å². The Bertz CT molecular complexity index is 1470. The van der Waals surface area contributed by atoms with E-state index >= 15 is 0 Å². The molecule has 2 aromatic carbocycles. The van der Waals surface area contributed by atoms with Crippen LogP contribution in [0.1, 0.15) is 13.8 Å². The summed E-state index contributed by atoms with van der Waals surface area (Å²) in [6, 6.07) is 9.45. The van der Waals surface area contributed by atoms with Crippen molar-refractivity contribution in [1.82, 2.24) is 0 Å². The van der Waals surface area contributed by atoms with Crippen molar-refractivity contribution >= 4 is 63.6 Å². The van der Waals surface area contributed by atoms with Gasteiger partial charge < -0.3 is 26.9 Å². The van der Waals surface area contributed by atoms with Crippen molar-refractivity contribution in [3.05, 3.63) is 36.4 Å². The number of thiophene rings is 2. The van der Waals surface area contributed by atoms with Gasteiger partial charge in [-0.2, -0.15) is 0 Å². The quantitative estimate of drug-likeness (QED) is 0.125. The van der Waals surface area contributed by atoms with Gasteiger partial charge in [-0.05, 0) is 50.2 Å². The topological polar surface area (TPSA) is 151 Å². The van der Waals surface area contributed by atoms with E-state index in [1.165, 1.54) is 12.1 Å². The summed E-state index contributed by atoms with van der Waals surface area (Å²) in [5, 5.41) is 0.567. The first-order valence-electron chi connectivity index (χ1n) is 9.68. The second-order valence-corrected chi connectivity index (χ2v) is 10.8. The van der Waals surface area contributed by atoms with Crippen LogP contribution in [0.25, 0.3) is 29.9 Å². The van der Waals surface area contributed by atoms with E-state index in [-0.39, 0.29) is 91.1 Å². The molecule has 0 radical (unpaired) electrons. The Balaban J connectivity index is 0.00000228. The molecule has 2 heterocycles. The number of fused-ring (bicyclic) bond motifs is 2. The van der Waals surface area contributed by atoms with Gasteiger partial charge in [0.25, 0.3) is 20.8 Å². The van der Waals surface area contributed by atoms with Crippen LogP contribution >= 0.6 is 22.7 Å². The van der Waals surface area contributed by atoms with E-state index in [0.29, 0.717) is 34.1 Å². The van der Waals surface area contributed by atoms with Crippen molar-refractivity contribution in [3.63, 3.8) is 0 Å². The van der Waals surface area contributed by atoms with Gasteiger partial charge in [-0.1, -0.05) is 0 Å². The van der Waals surface area contributed by atoms with Crippen LogP contribution in [0.15, 0.2) is 36.4 Å². The van der Waals surface area contributed by atoms with Gasteiger partial charge in [0.15, 0.2) is 11.5 Å². The largest absolute Gasteiger partial charge is 1.00 e. The Morgan fingerprint density at radius 2 is 1.06 bits per heavy atom. The zero-order chi connectivity index (χ0) is 24.7. The molecule has 0 fully saturated rings. The minimum absolute atomic E-state index is 0. The molecule has 0 aliphatic rings. The molecule has 0 aliphatic carbocycles. The molecule has 0 N–H and O–H groups in total. The monoisotopic (exact) mass is 590 g/mol. The number of hydrogen-bond acceptors (Lipinski definition) is 12. The van der Waals surface area contributed by atoms with Gasteiger partial charge in [-0.25, -0.2) is 16.8 Å². The van der Waals surface area contributed by atoms with Crippen LogP contribution < -0.4 is 77.0 Å². The smallest absolute Gasteiger partial charge is 0.716 e. The van der Waals surface area contributed by atoms with E-state index in [0.717, 1.165) is 22.7 Å². The van der Waals surface area contributed by atoms with Crippen LogP contribution in [0, 0.1) is 0 Å². The normalized spacial score (nSPS) is 11.6. The minimum Gasteiger partial charge on any atom is -0.716 e. The molecule has 10 nitrogen and oxygen atoms in total. The van der Waals surface area contributed by atoms with Gasteiger partial charge in [0, 0.05) is 20.2 Å². The number of hydrogen-bond donors (Lipinski definition) is 0. The van der Waals surface area contributed by atoms with Crippen molar-refractivity contribution in [2.45, 2.75) is 13.8 Å². The molecule has 0 atom stereocenters. The first-order valence-corrected chi connectivity index (χ1v) is 14.0. The van der Waals surface area contributed by atoms with Crippen LogP contribution in [-0.2, 0) is 20.8 Å². The van der Waals surface area contributed by atoms with Crippen LogP contribution in [0.4, 0.5) is 0 Å². The van der Waals surface area contributed by atoms with Gasteiger partial charge in [-0.15, -0.1) is 22.7 Å². The SMILES string of the molecule is CCOc1ccc2c(OS(=O)(=O)[O-])c(-c3sc4cc(OCC)ccc4c3OS(=O)(=O)[O-])sc2c1.[Na+].[Na+]. The third-order valence-electron chi connectivity index (χ3n) is 4.43. The molecular formula is C20H16Na2O10S4. The Labute approximate surface area is 260 Å². The standard InChI is InChI=1S/C20H18O10S4.2Na/c1-3-27-11-5-7-13-15(9-11)31-19(17(13)29-33(21,22)23)20-18(30-34(24,25)26)14-8-6-12(28-4-2)10-16(14)32-20;;/h5-10H,3-4H2,1-2H3,(H,21,22,23)(H,24,25,26);;/q;2*+1/p-2. The summed E-state index contributed by atoms with van der Waals surface area (Å²) in [6.07, 6.45) is 0. The molecule has 0 aliphatic heterocycles. The summed E-state index contributed by atoms with van der Waals surface area (Å²) in [6.45, 7) is 4.37. The van der Waals surface area contributed by atoms with E-state index in [4.69, 9.17) is 17.8 Å². The fourth-order valence-electron chi connectivity index (χ4n) is 3.29. The second kappa shape index (κ2) is 12.5. The number of rotatable bonds is 9. The van der Waals surface area contributed by atoms with E-state index in [9.17, 15) is 25.9 Å². The third kappa shape index (κ3) is 7.27. The van der Waals surface area contributed by atoms with Crippen LogP contribution in [0.2, 0.25) is 0 Å². The molecule has 0 amide bonds. The predicted molar refractivity (Wildman–Crippen MR) is 126 cm³/mol. The van der Waals surface area contributed by atoms with Crippen LogP contribution in [0.3, 0.4) is 0 Å². The fraction of sp³-hybridized carbons (Fsp3) is 0.200. The molecule has 0 unspecified atom stereocenters. The fourth-order valence-corrected chi connectivity index (χ4v) is 6.59. The van der Waals surface area contributed by atoms with Crippen LogP contribution in [0.5, 0.6) is 23.0 Å². The van der Waals surface area contributed by atoms with Crippen LogP contribution in [-0.4, -0.2) is 39.2 Å². The molecule has 0 spiro atoms. The predicted octanol–water partition coefficient (Wildman–Crippen LogP) is -1.73. The van der Waals surface area contributed by atoms with E-state index < -0.39 is 20.8 Å². The van der Waals surface area contributed by atoms with Crippen molar-refractivity contribution in [2.24, 2.45) is 0 Å². The molecule has 0 saturated carbocycles. The third-order valence-corrected chi connectivity index (χ3v) is 7.60.